The Morgan fingerprint density at radius 1 is 0.789 bits per heavy atom. The van der Waals surface area contributed by atoms with E-state index in [2.05, 4.69) is 5.32 Å². The van der Waals surface area contributed by atoms with Gasteiger partial charge in [-0.3, -0.25) is 14.4 Å². The number of ketones is 2. The molecule has 1 N–H and O–H groups in total. The van der Waals surface area contributed by atoms with Crippen molar-refractivity contribution < 1.29 is 14.4 Å². The molecule has 0 radical (unpaired) electrons. The van der Waals surface area contributed by atoms with Gasteiger partial charge in [0.2, 0.25) is 6.41 Å². The van der Waals surface area contributed by atoms with Crippen molar-refractivity contribution in [3.63, 3.8) is 0 Å². The average Bonchev–Trinajstić information content (AvgIpc) is 2.45. The normalized spacial score (nSPS) is 12.6. The highest BCUT2D eigenvalue weighted by atomic mass is 16.1. The zero-order valence-electron chi connectivity index (χ0n) is 9.84. The van der Waals surface area contributed by atoms with Crippen LogP contribution in [-0.2, 0) is 4.79 Å². The van der Waals surface area contributed by atoms with E-state index in [1.807, 2.05) is 0 Å². The summed E-state index contributed by atoms with van der Waals surface area (Å²) in [6.07, 6.45) is 0.533. The third-order valence-electron chi connectivity index (χ3n) is 3.15. The van der Waals surface area contributed by atoms with Crippen LogP contribution in [0.5, 0.6) is 0 Å². The second-order valence-corrected chi connectivity index (χ2v) is 4.23. The molecule has 92 valence electrons. The average molecular weight is 251 g/mol. The number of fused-ring (bicyclic) bond motifs is 2. The second kappa shape index (κ2) is 4.17. The molecule has 4 heteroatoms. The van der Waals surface area contributed by atoms with E-state index >= 15 is 0 Å². The molecule has 0 fully saturated rings. The Hall–Kier alpha value is -2.75. The minimum Gasteiger partial charge on any atom is -0.329 e. The van der Waals surface area contributed by atoms with Crippen LogP contribution in [0, 0.1) is 0 Å². The molecule has 0 bridgehead atoms. The van der Waals surface area contributed by atoms with Crippen LogP contribution in [0.3, 0.4) is 0 Å². The summed E-state index contributed by atoms with van der Waals surface area (Å²) in [5, 5.41) is 2.47. The third kappa shape index (κ3) is 1.65. The molecule has 4 nitrogen and oxygen atoms in total. The van der Waals surface area contributed by atoms with E-state index in [4.69, 9.17) is 0 Å². The summed E-state index contributed by atoms with van der Waals surface area (Å²) in [6, 6.07) is 11.4. The number of hydrogen-bond donors (Lipinski definition) is 1. The van der Waals surface area contributed by atoms with Crippen LogP contribution in [-0.4, -0.2) is 18.0 Å². The van der Waals surface area contributed by atoms with Crippen LogP contribution < -0.4 is 5.32 Å². The largest absolute Gasteiger partial charge is 0.329 e. The van der Waals surface area contributed by atoms with Gasteiger partial charge in [0.05, 0.1) is 0 Å². The summed E-state index contributed by atoms with van der Waals surface area (Å²) in [6.45, 7) is 0. The summed E-state index contributed by atoms with van der Waals surface area (Å²) in [5.74, 6) is -0.359. The van der Waals surface area contributed by atoms with Gasteiger partial charge in [0.25, 0.3) is 0 Å². The molecular formula is C15H9NO3. The van der Waals surface area contributed by atoms with Crippen LogP contribution in [0.1, 0.15) is 31.8 Å². The van der Waals surface area contributed by atoms with Crippen LogP contribution in [0.4, 0.5) is 5.69 Å². The molecule has 0 atom stereocenters. The highest BCUT2D eigenvalue weighted by molar-refractivity contribution is 6.28. The Morgan fingerprint density at radius 2 is 1.37 bits per heavy atom. The fourth-order valence-electron chi connectivity index (χ4n) is 2.26. The lowest BCUT2D eigenvalue weighted by molar-refractivity contribution is -0.105. The van der Waals surface area contributed by atoms with E-state index in [-0.39, 0.29) is 11.6 Å². The molecule has 19 heavy (non-hydrogen) atoms. The van der Waals surface area contributed by atoms with E-state index in [1.54, 1.807) is 36.4 Å². The van der Waals surface area contributed by atoms with Crippen LogP contribution in [0.25, 0.3) is 0 Å². The Morgan fingerprint density at radius 3 is 2.00 bits per heavy atom. The molecule has 0 spiro atoms. The van der Waals surface area contributed by atoms with Gasteiger partial charge in [-0.15, -0.1) is 0 Å². The highest BCUT2D eigenvalue weighted by Gasteiger charge is 2.29. The van der Waals surface area contributed by atoms with Gasteiger partial charge in [-0.1, -0.05) is 24.3 Å². The molecule has 0 aromatic heterocycles. The first-order chi connectivity index (χ1) is 9.22. The molecule has 1 aliphatic carbocycles. The number of nitrogens with one attached hydrogen (secondary N) is 1. The first-order valence-electron chi connectivity index (χ1n) is 5.75. The molecule has 0 heterocycles. The van der Waals surface area contributed by atoms with E-state index in [0.717, 1.165) is 0 Å². The zero-order valence-corrected chi connectivity index (χ0v) is 9.84. The number of hydrogen-bond acceptors (Lipinski definition) is 3. The molecule has 1 aliphatic rings. The zero-order chi connectivity index (χ0) is 13.4. The van der Waals surface area contributed by atoms with Gasteiger partial charge >= 0.3 is 0 Å². The van der Waals surface area contributed by atoms with Crippen molar-refractivity contribution in [2.45, 2.75) is 0 Å². The van der Waals surface area contributed by atoms with Crippen LogP contribution in [0.15, 0.2) is 42.5 Å². The van der Waals surface area contributed by atoms with Crippen molar-refractivity contribution in [3.05, 3.63) is 64.7 Å². The number of carbonyl (C=O) groups excluding carboxylic acids is 3. The molecule has 0 aliphatic heterocycles. The van der Waals surface area contributed by atoms with Gasteiger partial charge in [0, 0.05) is 27.9 Å². The van der Waals surface area contributed by atoms with Crippen molar-refractivity contribution in [1.82, 2.24) is 0 Å². The van der Waals surface area contributed by atoms with Crippen LogP contribution >= 0.6 is 0 Å². The monoisotopic (exact) mass is 251 g/mol. The predicted molar refractivity (Wildman–Crippen MR) is 69.4 cm³/mol. The first-order valence-corrected chi connectivity index (χ1v) is 5.75. The Balaban J connectivity index is 2.21. The number of amides is 1. The lowest BCUT2D eigenvalue weighted by atomic mass is 9.84. The van der Waals surface area contributed by atoms with Gasteiger partial charge in [-0.05, 0) is 18.2 Å². The minimum absolute atomic E-state index is 0.164. The maximum absolute atomic E-state index is 12.3. The number of anilines is 1. The third-order valence-corrected chi connectivity index (χ3v) is 3.15. The van der Waals surface area contributed by atoms with Crippen molar-refractivity contribution in [2.75, 3.05) is 5.32 Å². The fraction of sp³-hybridized carbons (Fsp3) is 0. The predicted octanol–water partition coefficient (Wildman–Crippen LogP) is 2.03. The minimum atomic E-state index is -0.195. The summed E-state index contributed by atoms with van der Waals surface area (Å²) in [7, 11) is 0. The fourth-order valence-corrected chi connectivity index (χ4v) is 2.26. The van der Waals surface area contributed by atoms with E-state index in [1.165, 1.54) is 6.07 Å². The van der Waals surface area contributed by atoms with Crippen LogP contribution in [0.2, 0.25) is 0 Å². The Kier molecular flexibility index (Phi) is 2.49. The van der Waals surface area contributed by atoms with Crippen molar-refractivity contribution in [3.8, 4) is 0 Å². The quantitative estimate of drug-likeness (QED) is 0.709. The van der Waals surface area contributed by atoms with E-state index in [0.29, 0.717) is 34.4 Å². The number of carbonyl (C=O) groups is 3. The summed E-state index contributed by atoms with van der Waals surface area (Å²) in [5.41, 5.74) is 2.03. The molecule has 1 amide bonds. The van der Waals surface area contributed by atoms with E-state index < -0.39 is 0 Å². The molecule has 2 aromatic rings. The molecular weight excluding hydrogens is 242 g/mol. The van der Waals surface area contributed by atoms with Crippen molar-refractivity contribution in [1.29, 1.82) is 0 Å². The van der Waals surface area contributed by atoms with Gasteiger partial charge in [-0.25, -0.2) is 0 Å². The van der Waals surface area contributed by atoms with Gasteiger partial charge in [0.1, 0.15) is 0 Å². The number of rotatable bonds is 2. The maximum atomic E-state index is 12.3. The molecule has 0 unspecified atom stereocenters. The number of benzene rings is 2. The standard InChI is InChI=1S/C15H9NO3/c17-8-16-9-5-6-12-13(7-9)15(19)11-4-2-1-3-10(11)14(12)18/h1-8H,(H,16,17). The Bertz CT molecular complexity index is 719. The topological polar surface area (TPSA) is 63.2 Å². The Labute approximate surface area is 109 Å². The van der Waals surface area contributed by atoms with Crippen molar-refractivity contribution in [2.24, 2.45) is 0 Å². The van der Waals surface area contributed by atoms with Gasteiger partial charge < -0.3 is 5.32 Å². The van der Waals surface area contributed by atoms with E-state index in [9.17, 15) is 14.4 Å². The lowest BCUT2D eigenvalue weighted by Gasteiger charge is -2.17. The first kappa shape index (κ1) is 11.3. The highest BCUT2D eigenvalue weighted by Crippen LogP contribution is 2.28. The summed E-state index contributed by atoms with van der Waals surface area (Å²) in [4.78, 5) is 35.0. The second-order valence-electron chi connectivity index (χ2n) is 4.23. The molecule has 3 rings (SSSR count). The van der Waals surface area contributed by atoms with Gasteiger partial charge in [-0.2, -0.15) is 0 Å². The van der Waals surface area contributed by atoms with Gasteiger partial charge in [0.15, 0.2) is 11.6 Å². The molecule has 2 aromatic carbocycles. The smallest absolute Gasteiger partial charge is 0.211 e. The maximum Gasteiger partial charge on any atom is 0.211 e. The van der Waals surface area contributed by atoms with Crippen molar-refractivity contribution >= 4 is 23.7 Å². The summed E-state index contributed by atoms with van der Waals surface area (Å²) < 4.78 is 0. The molecule has 0 saturated heterocycles. The lowest BCUT2D eigenvalue weighted by Crippen LogP contribution is -2.20. The SMILES string of the molecule is O=CNc1ccc2c(c1)C(=O)c1ccccc1C2=O. The summed E-state index contributed by atoms with van der Waals surface area (Å²) >= 11 is 0. The molecule has 0 saturated carbocycles.